The first kappa shape index (κ1) is 24.1. The predicted octanol–water partition coefficient (Wildman–Crippen LogP) is 0.322. The number of aromatic nitrogens is 2. The van der Waals surface area contributed by atoms with E-state index < -0.39 is 22.2 Å². The number of carboxylic acid groups (broad SMARTS) is 1. The van der Waals surface area contributed by atoms with Gasteiger partial charge in [0.15, 0.2) is 0 Å². The second-order valence-electron chi connectivity index (χ2n) is 6.73. The number of carbonyl (C=O) groups is 1. The average Bonchev–Trinajstić information content (AvgIpc) is 2.69. The summed E-state index contributed by atoms with van der Waals surface area (Å²) in [7, 11) is -3.11. The molecule has 0 atom stereocenters. The van der Waals surface area contributed by atoms with Crippen LogP contribution in [0.3, 0.4) is 0 Å². The molecule has 30 heavy (non-hydrogen) atoms. The zero-order chi connectivity index (χ0) is 22.4. The molecule has 14 heteroatoms. The molecule has 0 unspecified atom stereocenters. The summed E-state index contributed by atoms with van der Waals surface area (Å²) in [5, 5.41) is 10.4. The third kappa shape index (κ3) is 7.57. The summed E-state index contributed by atoms with van der Waals surface area (Å²) in [6.45, 7) is 4.15. The highest BCUT2D eigenvalue weighted by Gasteiger charge is 2.38. The second-order valence-corrected chi connectivity index (χ2v) is 8.71. The van der Waals surface area contributed by atoms with Gasteiger partial charge in [-0.2, -0.15) is 17.5 Å². The zero-order valence-electron chi connectivity index (χ0n) is 16.3. The molecule has 170 valence electrons. The number of hydrogen-bond acceptors (Lipinski definition) is 8. The van der Waals surface area contributed by atoms with Crippen molar-refractivity contribution < 1.29 is 36.2 Å². The number of rotatable bonds is 4. The lowest BCUT2D eigenvalue weighted by Crippen LogP contribution is -2.48. The molecule has 10 nitrogen and oxygen atoms in total. The predicted molar refractivity (Wildman–Crippen MR) is 101 cm³/mol. The monoisotopic (exact) mass is 455 g/mol. The van der Waals surface area contributed by atoms with Gasteiger partial charge in [0.2, 0.25) is 15.9 Å². The molecular weight excluding hydrogens is 431 g/mol. The van der Waals surface area contributed by atoms with E-state index in [1.807, 2.05) is 4.90 Å². The molecule has 3 rings (SSSR count). The van der Waals surface area contributed by atoms with E-state index in [4.69, 9.17) is 14.6 Å². The second kappa shape index (κ2) is 10.2. The van der Waals surface area contributed by atoms with E-state index in [1.54, 1.807) is 12.4 Å². The largest absolute Gasteiger partial charge is 0.490 e. The minimum Gasteiger partial charge on any atom is -0.475 e. The van der Waals surface area contributed by atoms with Gasteiger partial charge in [-0.1, -0.05) is 0 Å². The van der Waals surface area contributed by atoms with Crippen molar-refractivity contribution in [1.29, 1.82) is 0 Å². The molecule has 2 aliphatic rings. The van der Waals surface area contributed by atoms with Crippen molar-refractivity contribution in [2.24, 2.45) is 0 Å². The minimum absolute atomic E-state index is 0.203. The number of alkyl halides is 3. The molecular formula is C16H24F3N5O5S. The van der Waals surface area contributed by atoms with Crippen molar-refractivity contribution >= 4 is 21.8 Å². The summed E-state index contributed by atoms with van der Waals surface area (Å²) < 4.78 is 62.1. The number of ether oxygens (including phenoxy) is 1. The SMILES string of the molecule is CS(=O)(=O)N1CCN(c2cnc(OC3CCNCC3)cn2)CC1.O=C(O)C(F)(F)F. The van der Waals surface area contributed by atoms with Crippen LogP contribution in [0.1, 0.15) is 12.8 Å². The van der Waals surface area contributed by atoms with E-state index >= 15 is 0 Å². The van der Waals surface area contributed by atoms with Gasteiger partial charge in [0.25, 0.3) is 0 Å². The molecule has 2 fully saturated rings. The van der Waals surface area contributed by atoms with E-state index in [9.17, 15) is 21.6 Å². The molecule has 0 spiro atoms. The summed E-state index contributed by atoms with van der Waals surface area (Å²) in [6, 6.07) is 0. The molecule has 2 N–H and O–H groups in total. The van der Waals surface area contributed by atoms with E-state index in [-0.39, 0.29) is 6.10 Å². The van der Waals surface area contributed by atoms with Crippen LogP contribution in [0.4, 0.5) is 19.0 Å². The van der Waals surface area contributed by atoms with Crippen molar-refractivity contribution in [3.8, 4) is 5.88 Å². The lowest BCUT2D eigenvalue weighted by Gasteiger charge is -2.33. The third-order valence-corrected chi connectivity index (χ3v) is 5.77. The molecule has 0 amide bonds. The number of nitrogens with zero attached hydrogens (tertiary/aromatic N) is 4. The number of nitrogens with one attached hydrogen (secondary N) is 1. The Morgan fingerprint density at radius 2 is 1.73 bits per heavy atom. The summed E-state index contributed by atoms with van der Waals surface area (Å²) in [5.74, 6) is -1.45. The normalized spacial score (nSPS) is 19.0. The highest BCUT2D eigenvalue weighted by Crippen LogP contribution is 2.18. The van der Waals surface area contributed by atoms with Crippen molar-refractivity contribution in [3.63, 3.8) is 0 Å². The van der Waals surface area contributed by atoms with Gasteiger partial charge in [-0.15, -0.1) is 0 Å². The van der Waals surface area contributed by atoms with E-state index in [0.29, 0.717) is 32.1 Å². The van der Waals surface area contributed by atoms with Crippen LogP contribution in [0, 0.1) is 0 Å². The lowest BCUT2D eigenvalue weighted by atomic mass is 10.1. The molecule has 0 saturated carbocycles. The van der Waals surface area contributed by atoms with Gasteiger partial charge in [0, 0.05) is 26.2 Å². The Morgan fingerprint density at radius 3 is 2.17 bits per heavy atom. The molecule has 0 aromatic carbocycles. The number of piperazine rings is 1. The fourth-order valence-corrected chi connectivity index (χ4v) is 3.69. The highest BCUT2D eigenvalue weighted by molar-refractivity contribution is 7.88. The molecule has 2 saturated heterocycles. The minimum atomic E-state index is -5.08. The molecule has 1 aromatic heterocycles. The first-order valence-electron chi connectivity index (χ1n) is 9.16. The van der Waals surface area contributed by atoms with Crippen LogP contribution < -0.4 is 15.0 Å². The van der Waals surface area contributed by atoms with Crippen molar-refractivity contribution in [3.05, 3.63) is 12.4 Å². The van der Waals surface area contributed by atoms with Crippen LogP contribution in [-0.4, -0.2) is 91.6 Å². The topological polar surface area (TPSA) is 125 Å². The number of anilines is 1. The molecule has 1 aromatic rings. The Labute approximate surface area is 172 Å². The fraction of sp³-hybridized carbons (Fsp3) is 0.688. The van der Waals surface area contributed by atoms with E-state index in [0.717, 1.165) is 31.7 Å². The number of sulfonamides is 1. The van der Waals surface area contributed by atoms with Crippen molar-refractivity contribution in [2.45, 2.75) is 25.1 Å². The zero-order valence-corrected chi connectivity index (χ0v) is 17.1. The molecule has 2 aliphatic heterocycles. The number of carboxylic acids is 1. The quantitative estimate of drug-likeness (QED) is 0.660. The van der Waals surface area contributed by atoms with Gasteiger partial charge in [0.1, 0.15) is 11.9 Å². The van der Waals surface area contributed by atoms with Gasteiger partial charge in [-0.3, -0.25) is 0 Å². The summed E-state index contributed by atoms with van der Waals surface area (Å²) in [6.07, 6.45) is 1.69. The van der Waals surface area contributed by atoms with Gasteiger partial charge < -0.3 is 20.1 Å². The number of halogens is 3. The first-order chi connectivity index (χ1) is 14.0. The van der Waals surface area contributed by atoms with Gasteiger partial charge in [-0.05, 0) is 25.9 Å². The first-order valence-corrected chi connectivity index (χ1v) is 11.0. The Hall–Kier alpha value is -2.19. The van der Waals surface area contributed by atoms with Crippen LogP contribution >= 0.6 is 0 Å². The summed E-state index contributed by atoms with van der Waals surface area (Å²) in [5.41, 5.74) is 0. The number of hydrogen-bond donors (Lipinski definition) is 2. The van der Waals surface area contributed by atoms with Crippen LogP contribution in [0.25, 0.3) is 0 Å². The number of piperidine rings is 1. The third-order valence-electron chi connectivity index (χ3n) is 4.46. The molecule has 3 heterocycles. The Morgan fingerprint density at radius 1 is 1.17 bits per heavy atom. The van der Waals surface area contributed by atoms with E-state index in [2.05, 4.69) is 15.3 Å². The Bertz CT molecular complexity index is 792. The van der Waals surface area contributed by atoms with Crippen molar-refractivity contribution in [2.75, 3.05) is 50.4 Å². The maximum absolute atomic E-state index is 11.5. The van der Waals surface area contributed by atoms with Crippen molar-refractivity contribution in [1.82, 2.24) is 19.6 Å². The van der Waals surface area contributed by atoms with Crippen LogP contribution in [0.2, 0.25) is 0 Å². The van der Waals surface area contributed by atoms with Gasteiger partial charge in [0.05, 0.1) is 18.6 Å². The Kier molecular flexibility index (Phi) is 8.20. The maximum atomic E-state index is 11.5. The van der Waals surface area contributed by atoms with Crippen LogP contribution in [0.15, 0.2) is 12.4 Å². The number of aliphatic carboxylic acids is 1. The van der Waals surface area contributed by atoms with Gasteiger partial charge in [-0.25, -0.2) is 23.2 Å². The van der Waals surface area contributed by atoms with E-state index in [1.165, 1.54) is 10.6 Å². The standard InChI is InChI=1S/C14H23N5O3S.C2HF3O2/c1-23(20,21)19-8-6-18(7-9-19)13-10-17-14(11-16-13)22-12-2-4-15-5-3-12;3-2(4,5)1(6)7/h10-12,15H,2-9H2,1H3;(H,6,7). The van der Waals surface area contributed by atoms with Gasteiger partial charge >= 0.3 is 12.1 Å². The molecule has 0 aliphatic carbocycles. The Balaban J connectivity index is 0.000000396. The fourth-order valence-electron chi connectivity index (χ4n) is 2.87. The molecule has 0 radical (unpaired) electrons. The summed E-state index contributed by atoms with van der Waals surface area (Å²) >= 11 is 0. The van der Waals surface area contributed by atoms with Crippen LogP contribution in [0.5, 0.6) is 5.88 Å². The highest BCUT2D eigenvalue weighted by atomic mass is 32.2. The average molecular weight is 455 g/mol. The summed E-state index contributed by atoms with van der Waals surface area (Å²) in [4.78, 5) is 19.7. The smallest absolute Gasteiger partial charge is 0.475 e. The van der Waals surface area contributed by atoms with Crippen LogP contribution in [-0.2, 0) is 14.8 Å². The lowest BCUT2D eigenvalue weighted by molar-refractivity contribution is -0.192. The maximum Gasteiger partial charge on any atom is 0.490 e. The molecule has 0 bridgehead atoms.